The van der Waals surface area contributed by atoms with E-state index in [9.17, 15) is 19.7 Å². The van der Waals surface area contributed by atoms with Gasteiger partial charge in [0.05, 0.1) is 7.11 Å². The molecule has 1 aliphatic rings. The van der Waals surface area contributed by atoms with Gasteiger partial charge in [-0.15, -0.1) is 0 Å². The summed E-state index contributed by atoms with van der Waals surface area (Å²) in [4.78, 5) is 42.7. The normalized spacial score (nSPS) is 16.1. The fraction of sp³-hybridized carbons (Fsp3) is 0.625. The monoisotopic (exact) mass is 411 g/mol. The molecule has 1 aromatic rings. The van der Waals surface area contributed by atoms with E-state index in [0.29, 0.717) is 12.3 Å². The van der Waals surface area contributed by atoms with Crippen molar-refractivity contribution < 1.29 is 23.8 Å². The summed E-state index contributed by atoms with van der Waals surface area (Å²) < 4.78 is 10.2. The zero-order valence-electron chi connectivity index (χ0n) is 16.1. The maximum atomic E-state index is 12.4. The summed E-state index contributed by atoms with van der Waals surface area (Å²) in [5.41, 5.74) is 7.11. The molecule has 1 atom stereocenters. The first-order valence-electron chi connectivity index (χ1n) is 9.16. The Morgan fingerprint density at radius 1 is 1.52 bits per heavy atom. The molecular weight excluding hydrogens is 386 g/mol. The van der Waals surface area contributed by atoms with Gasteiger partial charge in [-0.2, -0.15) is 0 Å². The van der Waals surface area contributed by atoms with Crippen molar-refractivity contribution in [2.45, 2.75) is 37.6 Å². The fourth-order valence-electron chi connectivity index (χ4n) is 2.90. The van der Waals surface area contributed by atoms with Crippen molar-refractivity contribution in [3.8, 4) is 0 Å². The van der Waals surface area contributed by atoms with Gasteiger partial charge < -0.3 is 25.5 Å². The van der Waals surface area contributed by atoms with E-state index in [1.165, 1.54) is 13.4 Å². The number of carbonyl (C=O) groups is 2. The van der Waals surface area contributed by atoms with Crippen LogP contribution in [0.15, 0.2) is 15.7 Å². The smallest absolute Gasteiger partial charge is 0.328 e. The number of hydrogen-bond donors (Lipinski definition) is 4. The number of nitrogens with zero attached hydrogens (tertiary/aromatic N) is 3. The van der Waals surface area contributed by atoms with E-state index in [2.05, 4.69) is 20.6 Å². The standard InChI is InChI=1S/C16H25N7O6/c1-28-15(25)11(3-2-6-19-16(17)22-23(26)27)20-13(24)12-9-29-14(21-12)10-4-7-18-8-5-10/h9-11,18H,2-8H2,1H3,(H,20,24)(H3,17,19,22). The van der Waals surface area contributed by atoms with Crippen LogP contribution in [0.2, 0.25) is 0 Å². The average molecular weight is 411 g/mol. The lowest BCUT2D eigenvalue weighted by Crippen LogP contribution is -2.42. The zero-order valence-corrected chi connectivity index (χ0v) is 16.1. The molecule has 13 nitrogen and oxygen atoms in total. The number of nitrogens with two attached hydrogens (primary N) is 1. The number of amides is 1. The van der Waals surface area contributed by atoms with Crippen molar-refractivity contribution in [3.63, 3.8) is 0 Å². The van der Waals surface area contributed by atoms with Crippen LogP contribution in [0.3, 0.4) is 0 Å². The van der Waals surface area contributed by atoms with Gasteiger partial charge in [-0.25, -0.2) is 24.9 Å². The molecule has 1 amide bonds. The number of methoxy groups -OCH3 is 1. The molecule has 1 saturated heterocycles. The van der Waals surface area contributed by atoms with Crippen LogP contribution in [0, 0.1) is 10.1 Å². The van der Waals surface area contributed by atoms with Gasteiger partial charge >= 0.3 is 5.97 Å². The van der Waals surface area contributed by atoms with Crippen molar-refractivity contribution in [2.24, 2.45) is 10.7 Å². The third kappa shape index (κ3) is 7.03. The molecule has 2 heterocycles. The molecule has 1 aliphatic heterocycles. The first-order chi connectivity index (χ1) is 13.9. The van der Waals surface area contributed by atoms with Crippen LogP contribution in [-0.2, 0) is 9.53 Å². The number of hydrogen-bond acceptors (Lipinski definition) is 9. The van der Waals surface area contributed by atoms with Crippen molar-refractivity contribution in [1.82, 2.24) is 21.0 Å². The Hall–Kier alpha value is -3.22. The van der Waals surface area contributed by atoms with Gasteiger partial charge in [-0.1, -0.05) is 5.43 Å². The number of esters is 1. The third-order valence-electron chi connectivity index (χ3n) is 4.37. The lowest BCUT2D eigenvalue weighted by Gasteiger charge is -2.19. The maximum absolute atomic E-state index is 12.4. The molecule has 5 N–H and O–H groups in total. The number of nitrogens with one attached hydrogen (secondary N) is 3. The minimum absolute atomic E-state index is 0.0879. The van der Waals surface area contributed by atoms with Crippen LogP contribution in [0.4, 0.5) is 0 Å². The predicted octanol–water partition coefficient (Wildman–Crippen LogP) is -0.711. The Bertz CT molecular complexity index is 744. The summed E-state index contributed by atoms with van der Waals surface area (Å²) in [5, 5.41) is 15.2. The highest BCUT2D eigenvalue weighted by atomic mass is 16.7. The summed E-state index contributed by atoms with van der Waals surface area (Å²) >= 11 is 0. The first kappa shape index (κ1) is 22.1. The summed E-state index contributed by atoms with van der Waals surface area (Å²) in [5.74, 6) is -0.857. The number of aromatic nitrogens is 1. The topological polar surface area (TPSA) is 187 Å². The third-order valence-corrected chi connectivity index (χ3v) is 4.37. The van der Waals surface area contributed by atoms with E-state index in [0.717, 1.165) is 25.9 Å². The van der Waals surface area contributed by atoms with Crippen LogP contribution < -0.4 is 21.8 Å². The van der Waals surface area contributed by atoms with E-state index in [1.807, 2.05) is 0 Å². The van der Waals surface area contributed by atoms with Crippen LogP contribution in [0.5, 0.6) is 0 Å². The van der Waals surface area contributed by atoms with Gasteiger partial charge in [0, 0.05) is 12.5 Å². The molecule has 1 aromatic heterocycles. The van der Waals surface area contributed by atoms with Gasteiger partial charge in [-0.05, 0) is 38.8 Å². The quantitative estimate of drug-likeness (QED) is 0.101. The van der Waals surface area contributed by atoms with Crippen molar-refractivity contribution in [2.75, 3.05) is 26.7 Å². The molecule has 0 saturated carbocycles. The van der Waals surface area contributed by atoms with E-state index in [4.69, 9.17) is 14.9 Å². The fourth-order valence-corrected chi connectivity index (χ4v) is 2.90. The summed E-state index contributed by atoms with van der Waals surface area (Å²) in [6.07, 6.45) is 3.56. The number of oxazole rings is 1. The van der Waals surface area contributed by atoms with Crippen LogP contribution in [0.25, 0.3) is 0 Å². The van der Waals surface area contributed by atoms with Crippen molar-refractivity contribution in [3.05, 3.63) is 28.0 Å². The zero-order chi connectivity index (χ0) is 21.2. The van der Waals surface area contributed by atoms with Crippen LogP contribution in [0.1, 0.15) is 48.0 Å². The Balaban J connectivity index is 1.90. The molecular formula is C16H25N7O6. The number of guanidine groups is 1. The van der Waals surface area contributed by atoms with Crippen molar-refractivity contribution >= 4 is 17.8 Å². The number of nitro groups is 1. The lowest BCUT2D eigenvalue weighted by molar-refractivity contribution is -0.525. The Morgan fingerprint density at radius 3 is 2.90 bits per heavy atom. The largest absolute Gasteiger partial charge is 0.467 e. The van der Waals surface area contributed by atoms with Gasteiger partial charge in [0.2, 0.25) is 0 Å². The minimum atomic E-state index is -0.925. The van der Waals surface area contributed by atoms with Gasteiger partial charge in [0.1, 0.15) is 12.3 Å². The minimum Gasteiger partial charge on any atom is -0.467 e. The second-order valence-corrected chi connectivity index (χ2v) is 6.42. The second kappa shape index (κ2) is 10.9. The van der Waals surface area contributed by atoms with E-state index in [1.54, 1.807) is 5.43 Å². The maximum Gasteiger partial charge on any atom is 0.328 e. The number of hydrazine groups is 1. The van der Waals surface area contributed by atoms with Gasteiger partial charge in [-0.3, -0.25) is 4.79 Å². The van der Waals surface area contributed by atoms with Gasteiger partial charge in [0.15, 0.2) is 16.6 Å². The molecule has 0 bridgehead atoms. The van der Waals surface area contributed by atoms with Crippen molar-refractivity contribution in [1.29, 1.82) is 0 Å². The Kier molecular flexibility index (Phi) is 8.33. The van der Waals surface area contributed by atoms with Crippen LogP contribution in [-0.4, -0.2) is 60.6 Å². The second-order valence-electron chi connectivity index (χ2n) is 6.42. The molecule has 0 spiro atoms. The predicted molar refractivity (Wildman–Crippen MR) is 100 cm³/mol. The number of piperidine rings is 1. The molecule has 160 valence electrons. The van der Waals surface area contributed by atoms with E-state index in [-0.39, 0.29) is 30.5 Å². The molecule has 29 heavy (non-hydrogen) atoms. The average Bonchev–Trinajstić information content (AvgIpc) is 3.20. The van der Waals surface area contributed by atoms with Gasteiger partial charge in [0.25, 0.3) is 11.9 Å². The highest BCUT2D eigenvalue weighted by molar-refractivity contribution is 5.94. The molecule has 2 rings (SSSR count). The Morgan fingerprint density at radius 2 is 2.24 bits per heavy atom. The highest BCUT2D eigenvalue weighted by Crippen LogP contribution is 2.24. The molecule has 0 aromatic carbocycles. The Labute approximate surface area is 166 Å². The van der Waals surface area contributed by atoms with E-state index < -0.39 is 23.0 Å². The molecule has 13 heteroatoms. The molecule has 1 unspecified atom stereocenters. The molecule has 0 aliphatic carbocycles. The number of carbonyl (C=O) groups excluding carboxylic acids is 2. The summed E-state index contributed by atoms with van der Waals surface area (Å²) in [6, 6.07) is -0.925. The lowest BCUT2D eigenvalue weighted by atomic mass is 9.98. The highest BCUT2D eigenvalue weighted by Gasteiger charge is 2.25. The SMILES string of the molecule is COC(=O)C(CCCN=C(N)N[N+](=O)[O-])NC(=O)c1coc(C2CCNCC2)n1. The molecule has 0 radical (unpaired) electrons. The number of aliphatic imine (C=N–C) groups is 1. The first-order valence-corrected chi connectivity index (χ1v) is 9.16. The van der Waals surface area contributed by atoms with E-state index >= 15 is 0 Å². The summed E-state index contributed by atoms with van der Waals surface area (Å²) in [7, 11) is 1.21. The number of ether oxygens (including phenoxy) is 1. The number of rotatable bonds is 9. The summed E-state index contributed by atoms with van der Waals surface area (Å²) in [6.45, 7) is 1.85. The van der Waals surface area contributed by atoms with Crippen LogP contribution >= 0.6 is 0 Å². The molecule has 1 fully saturated rings.